The van der Waals surface area contributed by atoms with Crippen LogP contribution in [0, 0.1) is 6.92 Å². The molecule has 0 unspecified atom stereocenters. The minimum atomic E-state index is -0.365. The van der Waals surface area contributed by atoms with Gasteiger partial charge >= 0.3 is 0 Å². The third kappa shape index (κ3) is 3.56. The Balaban J connectivity index is 1.69. The molecule has 2 amide bonds. The van der Waals surface area contributed by atoms with E-state index in [1.54, 1.807) is 37.0 Å². The Hall–Kier alpha value is -3.23. The maximum atomic E-state index is 12.6. The molecule has 3 heterocycles. The number of carbonyl (C=O) groups is 2. The number of hydrogen-bond donors (Lipinski definition) is 1. The number of rotatable bonds is 5. The SMILES string of the molecule is Cc1cc(NC(=O)CN(C)C(=O)c2cnc3c(cnn3C(C)C)c2)no1. The number of hydrogen-bond acceptors (Lipinski definition) is 6. The average Bonchev–Trinajstić information content (AvgIpc) is 3.19. The lowest BCUT2D eigenvalue weighted by atomic mass is 10.2. The first-order chi connectivity index (χ1) is 12.3. The van der Waals surface area contributed by atoms with Crippen LogP contribution >= 0.6 is 0 Å². The van der Waals surface area contributed by atoms with Gasteiger partial charge in [0.2, 0.25) is 5.91 Å². The first-order valence-corrected chi connectivity index (χ1v) is 8.17. The van der Waals surface area contributed by atoms with Crippen LogP contribution in [0.25, 0.3) is 11.0 Å². The predicted molar refractivity (Wildman–Crippen MR) is 94.7 cm³/mol. The third-order valence-electron chi connectivity index (χ3n) is 3.79. The summed E-state index contributed by atoms with van der Waals surface area (Å²) >= 11 is 0. The molecule has 0 aliphatic carbocycles. The maximum Gasteiger partial charge on any atom is 0.255 e. The van der Waals surface area contributed by atoms with Crippen LogP contribution in [0.3, 0.4) is 0 Å². The molecule has 0 atom stereocenters. The number of fused-ring (bicyclic) bond motifs is 1. The van der Waals surface area contributed by atoms with Crippen molar-refractivity contribution in [3.05, 3.63) is 35.9 Å². The molecule has 0 saturated heterocycles. The summed E-state index contributed by atoms with van der Waals surface area (Å²) in [5, 5.41) is 11.3. The van der Waals surface area contributed by atoms with E-state index in [1.807, 2.05) is 13.8 Å². The molecule has 3 aromatic heterocycles. The number of aromatic nitrogens is 4. The fourth-order valence-corrected chi connectivity index (χ4v) is 2.55. The molecular weight excluding hydrogens is 336 g/mol. The van der Waals surface area contributed by atoms with Crippen LogP contribution in [0.15, 0.2) is 29.0 Å². The Morgan fingerprint density at radius 3 is 2.73 bits per heavy atom. The molecule has 136 valence electrons. The normalized spacial score (nSPS) is 11.1. The van der Waals surface area contributed by atoms with Gasteiger partial charge in [0, 0.05) is 30.7 Å². The van der Waals surface area contributed by atoms with Crippen molar-refractivity contribution in [2.75, 3.05) is 18.9 Å². The van der Waals surface area contributed by atoms with Crippen LogP contribution in [0.1, 0.15) is 36.0 Å². The number of anilines is 1. The van der Waals surface area contributed by atoms with Crippen LogP contribution in [0.4, 0.5) is 5.82 Å². The van der Waals surface area contributed by atoms with Gasteiger partial charge in [0.15, 0.2) is 11.5 Å². The van der Waals surface area contributed by atoms with E-state index in [9.17, 15) is 9.59 Å². The lowest BCUT2D eigenvalue weighted by Crippen LogP contribution is -2.35. The Bertz CT molecular complexity index is 958. The minimum Gasteiger partial charge on any atom is -0.360 e. The fourth-order valence-electron chi connectivity index (χ4n) is 2.55. The summed E-state index contributed by atoms with van der Waals surface area (Å²) in [4.78, 5) is 30.3. The quantitative estimate of drug-likeness (QED) is 0.749. The Morgan fingerprint density at radius 1 is 1.31 bits per heavy atom. The maximum absolute atomic E-state index is 12.6. The van der Waals surface area contributed by atoms with Crippen molar-refractivity contribution < 1.29 is 14.1 Å². The summed E-state index contributed by atoms with van der Waals surface area (Å²) in [7, 11) is 1.55. The first kappa shape index (κ1) is 17.6. The molecule has 0 aliphatic rings. The predicted octanol–water partition coefficient (Wildman–Crippen LogP) is 2.02. The highest BCUT2D eigenvalue weighted by Gasteiger charge is 2.18. The van der Waals surface area contributed by atoms with Gasteiger partial charge in [0.05, 0.1) is 18.3 Å². The van der Waals surface area contributed by atoms with Gasteiger partial charge in [-0.1, -0.05) is 5.16 Å². The topological polar surface area (TPSA) is 106 Å². The van der Waals surface area contributed by atoms with Crippen molar-refractivity contribution in [1.82, 2.24) is 24.8 Å². The highest BCUT2D eigenvalue weighted by Crippen LogP contribution is 2.17. The number of carbonyl (C=O) groups excluding carboxylic acids is 2. The zero-order valence-corrected chi connectivity index (χ0v) is 15.1. The molecule has 1 N–H and O–H groups in total. The number of likely N-dealkylation sites (N-methyl/N-ethyl adjacent to an activating group) is 1. The van der Waals surface area contributed by atoms with E-state index in [4.69, 9.17) is 4.52 Å². The summed E-state index contributed by atoms with van der Waals surface area (Å²) in [5.74, 6) is 0.239. The van der Waals surface area contributed by atoms with Crippen molar-refractivity contribution in [2.24, 2.45) is 0 Å². The number of nitrogens with zero attached hydrogens (tertiary/aromatic N) is 5. The van der Waals surface area contributed by atoms with E-state index >= 15 is 0 Å². The Morgan fingerprint density at radius 2 is 2.08 bits per heavy atom. The van der Waals surface area contributed by atoms with Crippen molar-refractivity contribution in [1.29, 1.82) is 0 Å². The van der Waals surface area contributed by atoms with Crippen LogP contribution in [-0.4, -0.2) is 50.2 Å². The highest BCUT2D eigenvalue weighted by atomic mass is 16.5. The number of pyridine rings is 1. The summed E-state index contributed by atoms with van der Waals surface area (Å²) < 4.78 is 6.68. The van der Waals surface area contributed by atoms with Gasteiger partial charge in [-0.15, -0.1) is 0 Å². The fraction of sp³-hybridized carbons (Fsp3) is 0.353. The molecule has 26 heavy (non-hydrogen) atoms. The molecule has 9 heteroatoms. The van der Waals surface area contributed by atoms with E-state index in [0.717, 1.165) is 11.0 Å². The number of amides is 2. The summed E-state index contributed by atoms with van der Waals surface area (Å²) in [6, 6.07) is 3.50. The van der Waals surface area contributed by atoms with Gasteiger partial charge < -0.3 is 14.7 Å². The van der Waals surface area contributed by atoms with E-state index in [-0.39, 0.29) is 24.4 Å². The zero-order chi connectivity index (χ0) is 18.8. The van der Waals surface area contributed by atoms with Gasteiger partial charge in [-0.05, 0) is 26.8 Å². The number of aryl methyl sites for hydroxylation is 1. The van der Waals surface area contributed by atoms with Crippen molar-refractivity contribution in [2.45, 2.75) is 26.8 Å². The Kier molecular flexibility index (Phi) is 4.70. The molecule has 9 nitrogen and oxygen atoms in total. The smallest absolute Gasteiger partial charge is 0.255 e. The van der Waals surface area contributed by atoms with E-state index in [0.29, 0.717) is 17.1 Å². The van der Waals surface area contributed by atoms with Gasteiger partial charge in [-0.2, -0.15) is 5.10 Å². The van der Waals surface area contributed by atoms with Gasteiger partial charge in [0.25, 0.3) is 5.91 Å². The van der Waals surface area contributed by atoms with Gasteiger partial charge in [0.1, 0.15) is 5.76 Å². The summed E-state index contributed by atoms with van der Waals surface area (Å²) in [6.07, 6.45) is 3.18. The average molecular weight is 356 g/mol. The second-order valence-electron chi connectivity index (χ2n) is 6.35. The minimum absolute atomic E-state index is 0.117. The number of nitrogens with one attached hydrogen (secondary N) is 1. The van der Waals surface area contributed by atoms with E-state index in [2.05, 4.69) is 20.6 Å². The largest absolute Gasteiger partial charge is 0.360 e. The first-order valence-electron chi connectivity index (χ1n) is 8.17. The van der Waals surface area contributed by atoms with Crippen molar-refractivity contribution in [3.63, 3.8) is 0 Å². The molecule has 0 aliphatic heterocycles. The molecule has 0 radical (unpaired) electrons. The Labute approximate surface area is 150 Å². The molecule has 0 aromatic carbocycles. The lowest BCUT2D eigenvalue weighted by Gasteiger charge is -2.16. The lowest BCUT2D eigenvalue weighted by molar-refractivity contribution is -0.116. The zero-order valence-electron chi connectivity index (χ0n) is 15.1. The van der Waals surface area contributed by atoms with Crippen molar-refractivity contribution in [3.8, 4) is 0 Å². The molecule has 3 rings (SSSR count). The second kappa shape index (κ2) is 6.95. The molecular formula is C17H20N6O3. The van der Waals surface area contributed by atoms with Crippen LogP contribution in [-0.2, 0) is 4.79 Å². The van der Waals surface area contributed by atoms with Gasteiger partial charge in [-0.3, -0.25) is 9.59 Å². The van der Waals surface area contributed by atoms with E-state index < -0.39 is 0 Å². The monoisotopic (exact) mass is 356 g/mol. The van der Waals surface area contributed by atoms with Crippen LogP contribution < -0.4 is 5.32 Å². The summed E-state index contributed by atoms with van der Waals surface area (Å²) in [6.45, 7) is 5.63. The van der Waals surface area contributed by atoms with Crippen molar-refractivity contribution >= 4 is 28.7 Å². The van der Waals surface area contributed by atoms with Crippen LogP contribution in [0.5, 0.6) is 0 Å². The third-order valence-corrected chi connectivity index (χ3v) is 3.79. The molecule has 0 fully saturated rings. The molecule has 3 aromatic rings. The highest BCUT2D eigenvalue weighted by molar-refractivity contribution is 6.00. The van der Waals surface area contributed by atoms with Crippen LogP contribution in [0.2, 0.25) is 0 Å². The molecule has 0 spiro atoms. The molecule has 0 bridgehead atoms. The van der Waals surface area contributed by atoms with E-state index in [1.165, 1.54) is 11.1 Å². The standard InChI is InChI=1S/C17H20N6O3/c1-10(2)23-16-12(8-19-23)6-13(7-18-16)17(25)22(4)9-15(24)20-14-5-11(3)26-21-14/h5-8,10H,9H2,1-4H3,(H,20,21,24). The second-order valence-corrected chi connectivity index (χ2v) is 6.35. The summed E-state index contributed by atoms with van der Waals surface area (Å²) in [5.41, 5.74) is 1.12. The molecule has 0 saturated carbocycles. The van der Waals surface area contributed by atoms with Gasteiger partial charge in [-0.25, -0.2) is 9.67 Å².